The highest BCUT2D eigenvalue weighted by molar-refractivity contribution is 5.46. The second kappa shape index (κ2) is 5.53. The second-order valence-corrected chi connectivity index (χ2v) is 5.50. The minimum Gasteiger partial charge on any atom is -0.391 e. The summed E-state index contributed by atoms with van der Waals surface area (Å²) in [5, 5.41) is 9.97. The minimum absolute atomic E-state index is 0.188. The molecule has 1 N–H and O–H groups in total. The Morgan fingerprint density at radius 1 is 1.23 bits per heavy atom. The van der Waals surface area contributed by atoms with E-state index in [1.165, 1.54) is 10.6 Å². The molecule has 1 aromatic heterocycles. The van der Waals surface area contributed by atoms with Crippen LogP contribution in [0, 0.1) is 11.6 Å². The fourth-order valence-electron chi connectivity index (χ4n) is 2.97. The zero-order chi connectivity index (χ0) is 15.9. The molecular weight excluding hydrogens is 290 g/mol. The van der Waals surface area contributed by atoms with E-state index < -0.39 is 23.8 Å². The summed E-state index contributed by atoms with van der Waals surface area (Å²) < 4.78 is 29.0. The molecule has 0 amide bonds. The van der Waals surface area contributed by atoms with Gasteiger partial charge in [-0.3, -0.25) is 9.36 Å². The molecule has 0 unspecified atom stereocenters. The smallest absolute Gasteiger partial charge is 0.251 e. The number of aliphatic hydroxyl groups is 1. The van der Waals surface area contributed by atoms with E-state index in [1.807, 2.05) is 0 Å². The lowest BCUT2D eigenvalue weighted by Crippen LogP contribution is -2.31. The number of pyridine rings is 1. The van der Waals surface area contributed by atoms with Crippen LogP contribution in [0.25, 0.3) is 0 Å². The average Bonchev–Trinajstić information content (AvgIpc) is 2.86. The van der Waals surface area contributed by atoms with Gasteiger partial charge in [-0.25, -0.2) is 8.78 Å². The first-order valence-corrected chi connectivity index (χ1v) is 7.03. The minimum atomic E-state index is -0.664. The zero-order valence-electron chi connectivity index (χ0n) is 12.0. The number of aliphatic hydroxyl groups excluding tert-OH is 1. The molecule has 0 aliphatic carbocycles. The molecule has 1 aliphatic rings. The Morgan fingerprint density at radius 2 is 2.00 bits per heavy atom. The Bertz CT molecular complexity index is 760. The van der Waals surface area contributed by atoms with E-state index in [2.05, 4.69) is 0 Å². The lowest BCUT2D eigenvalue weighted by atomic mass is 10.0. The van der Waals surface area contributed by atoms with Gasteiger partial charge in [0, 0.05) is 25.2 Å². The molecule has 1 aliphatic heterocycles. The maximum Gasteiger partial charge on any atom is 0.251 e. The van der Waals surface area contributed by atoms with Crippen molar-refractivity contribution in [1.82, 2.24) is 4.57 Å². The summed E-state index contributed by atoms with van der Waals surface area (Å²) >= 11 is 0. The third-order valence-electron chi connectivity index (χ3n) is 4.05. The van der Waals surface area contributed by atoms with E-state index in [0.717, 1.165) is 18.2 Å². The lowest BCUT2D eigenvalue weighted by molar-refractivity contribution is 0.194. The van der Waals surface area contributed by atoms with Crippen LogP contribution in [0.15, 0.2) is 41.2 Å². The third kappa shape index (κ3) is 2.50. The summed E-state index contributed by atoms with van der Waals surface area (Å²) in [5.74, 6) is -0.483. The summed E-state index contributed by atoms with van der Waals surface area (Å²) in [6.07, 6.45) is -0.383. The largest absolute Gasteiger partial charge is 0.391 e. The molecule has 1 saturated heterocycles. The number of aromatic nitrogens is 1. The van der Waals surface area contributed by atoms with Crippen LogP contribution in [0.4, 0.5) is 14.6 Å². The lowest BCUT2D eigenvalue weighted by Gasteiger charge is -2.28. The van der Waals surface area contributed by atoms with Gasteiger partial charge in [0.1, 0.15) is 17.5 Å². The van der Waals surface area contributed by atoms with E-state index in [9.17, 15) is 18.7 Å². The molecule has 3 rings (SSSR count). The van der Waals surface area contributed by atoms with Crippen molar-refractivity contribution in [2.75, 3.05) is 11.4 Å². The molecule has 0 radical (unpaired) electrons. The highest BCUT2D eigenvalue weighted by atomic mass is 19.1. The number of hydrogen-bond donors (Lipinski definition) is 1. The van der Waals surface area contributed by atoms with Crippen molar-refractivity contribution in [2.45, 2.75) is 18.6 Å². The van der Waals surface area contributed by atoms with Gasteiger partial charge >= 0.3 is 0 Å². The Morgan fingerprint density at radius 3 is 2.77 bits per heavy atom. The summed E-state index contributed by atoms with van der Waals surface area (Å²) in [4.78, 5) is 13.5. The van der Waals surface area contributed by atoms with Crippen LogP contribution >= 0.6 is 0 Å². The van der Waals surface area contributed by atoms with Gasteiger partial charge in [-0.1, -0.05) is 6.07 Å². The van der Waals surface area contributed by atoms with Gasteiger partial charge < -0.3 is 10.0 Å². The molecule has 2 aromatic rings. The Hall–Kier alpha value is -2.21. The van der Waals surface area contributed by atoms with Crippen molar-refractivity contribution in [3.05, 3.63) is 63.9 Å². The van der Waals surface area contributed by atoms with Crippen molar-refractivity contribution >= 4 is 5.82 Å². The molecule has 2 atom stereocenters. The monoisotopic (exact) mass is 306 g/mol. The van der Waals surface area contributed by atoms with Gasteiger partial charge in [-0.15, -0.1) is 0 Å². The molecule has 0 spiro atoms. The van der Waals surface area contributed by atoms with Crippen LogP contribution in [-0.4, -0.2) is 22.3 Å². The first-order chi connectivity index (χ1) is 10.5. The number of nitrogens with zero attached hydrogens (tertiary/aromatic N) is 2. The number of halogens is 2. The van der Waals surface area contributed by atoms with Gasteiger partial charge in [-0.2, -0.15) is 0 Å². The summed E-state index contributed by atoms with van der Waals surface area (Å²) in [7, 11) is 1.61. The van der Waals surface area contributed by atoms with E-state index in [-0.39, 0.29) is 24.1 Å². The summed E-state index contributed by atoms with van der Waals surface area (Å²) in [6.45, 7) is 0.262. The molecule has 1 fully saturated rings. The molecule has 1 aromatic carbocycles. The van der Waals surface area contributed by atoms with Crippen molar-refractivity contribution in [3.8, 4) is 0 Å². The van der Waals surface area contributed by atoms with Crippen molar-refractivity contribution in [2.24, 2.45) is 7.05 Å². The topological polar surface area (TPSA) is 45.5 Å². The standard InChI is InChI=1S/C16H16F2N2O2/c1-19-15(3-2-4-16(19)22)20-9-11(21)8-14(20)12-7-10(17)5-6-13(12)18/h2-7,11,14,21H,8-9H2,1H3/t11-,14+/m0/s1. The number of rotatable bonds is 2. The maximum atomic E-state index is 14.1. The maximum absolute atomic E-state index is 14.1. The van der Waals surface area contributed by atoms with Crippen LogP contribution in [0.3, 0.4) is 0 Å². The zero-order valence-corrected chi connectivity index (χ0v) is 12.0. The number of β-amino-alcohol motifs (C(OH)–C–C–N with tert-alkyl or cyclic N) is 1. The predicted octanol–water partition coefficient (Wildman–Crippen LogP) is 1.98. The van der Waals surface area contributed by atoms with Gasteiger partial charge in [0.05, 0.1) is 12.1 Å². The summed E-state index contributed by atoms with van der Waals surface area (Å²) in [5.41, 5.74) is -0.00907. The normalized spacial score (nSPS) is 21.4. The quantitative estimate of drug-likeness (QED) is 0.923. The van der Waals surface area contributed by atoms with Gasteiger partial charge in [-0.05, 0) is 30.7 Å². The van der Waals surface area contributed by atoms with Gasteiger partial charge in [0.15, 0.2) is 0 Å². The number of anilines is 1. The van der Waals surface area contributed by atoms with Crippen LogP contribution in [0.1, 0.15) is 18.0 Å². The van der Waals surface area contributed by atoms with Crippen molar-refractivity contribution in [3.63, 3.8) is 0 Å². The average molecular weight is 306 g/mol. The van der Waals surface area contributed by atoms with Gasteiger partial charge in [0.25, 0.3) is 5.56 Å². The van der Waals surface area contributed by atoms with Crippen LogP contribution in [0.5, 0.6) is 0 Å². The summed E-state index contributed by atoms with van der Waals surface area (Å²) in [6, 6.07) is 7.54. The van der Waals surface area contributed by atoms with E-state index in [0.29, 0.717) is 5.82 Å². The number of hydrogen-bond acceptors (Lipinski definition) is 3. The van der Waals surface area contributed by atoms with E-state index in [4.69, 9.17) is 0 Å². The molecule has 0 saturated carbocycles. The molecule has 4 nitrogen and oxygen atoms in total. The Kier molecular flexibility index (Phi) is 3.70. The van der Waals surface area contributed by atoms with Gasteiger partial charge in [0.2, 0.25) is 0 Å². The molecule has 2 heterocycles. The predicted molar refractivity (Wildman–Crippen MR) is 78.8 cm³/mol. The van der Waals surface area contributed by atoms with Crippen LogP contribution in [-0.2, 0) is 7.05 Å². The SMILES string of the molecule is Cn1c(N2C[C@@H](O)C[C@@H]2c2cc(F)ccc2F)cccc1=O. The fourth-order valence-corrected chi connectivity index (χ4v) is 2.97. The van der Waals surface area contributed by atoms with Crippen molar-refractivity contribution in [1.29, 1.82) is 0 Å². The third-order valence-corrected chi connectivity index (χ3v) is 4.05. The molecular formula is C16H16F2N2O2. The molecule has 0 bridgehead atoms. The second-order valence-electron chi connectivity index (χ2n) is 5.50. The Labute approximate surface area is 126 Å². The fraction of sp³-hybridized carbons (Fsp3) is 0.312. The van der Waals surface area contributed by atoms with Crippen LogP contribution in [0.2, 0.25) is 0 Å². The molecule has 22 heavy (non-hydrogen) atoms. The van der Waals surface area contributed by atoms with Crippen LogP contribution < -0.4 is 10.5 Å². The first kappa shape index (κ1) is 14.7. The van der Waals surface area contributed by atoms with E-state index in [1.54, 1.807) is 24.1 Å². The molecule has 116 valence electrons. The highest BCUT2D eigenvalue weighted by Crippen LogP contribution is 2.36. The van der Waals surface area contributed by atoms with E-state index >= 15 is 0 Å². The number of benzene rings is 1. The first-order valence-electron chi connectivity index (χ1n) is 7.03. The molecule has 6 heteroatoms. The van der Waals surface area contributed by atoms with Crippen molar-refractivity contribution < 1.29 is 13.9 Å². The highest BCUT2D eigenvalue weighted by Gasteiger charge is 2.35. The Balaban J connectivity index is 2.08.